The van der Waals surface area contributed by atoms with Crippen LogP contribution in [0.2, 0.25) is 0 Å². The summed E-state index contributed by atoms with van der Waals surface area (Å²) in [6.07, 6.45) is 5.21. The molecule has 1 atom stereocenters. The molecule has 5 nitrogen and oxygen atoms in total. The third-order valence-electron chi connectivity index (χ3n) is 5.20. The van der Waals surface area contributed by atoms with Crippen molar-refractivity contribution in [2.75, 3.05) is 13.2 Å². The number of pyridine rings is 1. The Bertz CT molecular complexity index is 1040. The first-order chi connectivity index (χ1) is 14.7. The van der Waals surface area contributed by atoms with Crippen molar-refractivity contribution in [3.8, 4) is 0 Å². The highest BCUT2D eigenvalue weighted by atomic mass is 31.2. The van der Waals surface area contributed by atoms with Gasteiger partial charge in [0.25, 0.3) is 0 Å². The smallest absolute Gasteiger partial charge is 0.335 e. The largest absolute Gasteiger partial charge is 0.463 e. The lowest BCUT2D eigenvalue weighted by molar-refractivity contribution is -0.138. The monoisotopic (exact) mass is 418 g/mol. The molecule has 3 aromatic rings. The number of hydrogen-bond donors (Lipinski definition) is 0. The van der Waals surface area contributed by atoms with Crippen LogP contribution in [0, 0.1) is 0 Å². The van der Waals surface area contributed by atoms with Crippen molar-refractivity contribution in [2.24, 2.45) is 0 Å². The van der Waals surface area contributed by atoms with Gasteiger partial charge in [0.1, 0.15) is 0 Å². The zero-order valence-corrected chi connectivity index (χ0v) is 17.6. The molecule has 30 heavy (non-hydrogen) atoms. The summed E-state index contributed by atoms with van der Waals surface area (Å²) < 4.78 is 22.1. The average molecular weight is 418 g/mol. The number of carbonyl (C=O) groups excluding carboxylic acids is 1. The molecule has 0 aliphatic carbocycles. The zero-order chi connectivity index (χ0) is 21.0. The van der Waals surface area contributed by atoms with Crippen LogP contribution in [0.4, 0.5) is 0 Å². The predicted octanol–water partition coefficient (Wildman–Crippen LogP) is 3.86. The van der Waals surface area contributed by atoms with E-state index in [-0.39, 0.29) is 12.6 Å². The maximum Gasteiger partial charge on any atom is 0.335 e. The summed E-state index contributed by atoms with van der Waals surface area (Å²) in [6.45, 7) is 2.45. The van der Waals surface area contributed by atoms with Gasteiger partial charge in [-0.25, -0.2) is 9.46 Å². The molecule has 0 saturated carbocycles. The highest BCUT2D eigenvalue weighted by molar-refractivity contribution is 7.76. The Morgan fingerprint density at radius 2 is 1.57 bits per heavy atom. The lowest BCUT2D eigenvalue weighted by Gasteiger charge is -2.35. The van der Waals surface area contributed by atoms with E-state index in [2.05, 4.69) is 4.98 Å². The molecule has 2 aromatic carbocycles. The Morgan fingerprint density at radius 3 is 2.10 bits per heavy atom. The van der Waals surface area contributed by atoms with Gasteiger partial charge in [0, 0.05) is 29.5 Å². The SMILES string of the molecule is CCOC(=O)C1=CCN(P(=O)(c2ccccc2)c2ccccc2)[C@H]1c1ccncc1. The summed E-state index contributed by atoms with van der Waals surface area (Å²) in [5, 5.41) is 1.46. The average Bonchev–Trinajstić information content (AvgIpc) is 3.26. The van der Waals surface area contributed by atoms with Crippen LogP contribution >= 0.6 is 7.29 Å². The third-order valence-corrected chi connectivity index (χ3v) is 8.31. The lowest BCUT2D eigenvalue weighted by Crippen LogP contribution is -2.34. The molecule has 4 rings (SSSR count). The number of carbonyl (C=O) groups is 1. The fourth-order valence-corrected chi connectivity index (χ4v) is 6.80. The molecule has 0 unspecified atom stereocenters. The van der Waals surface area contributed by atoms with Crippen molar-refractivity contribution in [2.45, 2.75) is 13.0 Å². The molecular weight excluding hydrogens is 395 g/mol. The summed E-state index contributed by atoms with van der Waals surface area (Å²) in [5.41, 5.74) is 1.36. The fraction of sp³-hybridized carbons (Fsp3) is 0.167. The molecule has 1 aliphatic rings. The van der Waals surface area contributed by atoms with E-state index in [1.807, 2.05) is 83.5 Å². The van der Waals surface area contributed by atoms with E-state index in [9.17, 15) is 9.36 Å². The van der Waals surface area contributed by atoms with Crippen LogP contribution in [-0.2, 0) is 14.1 Å². The second-order valence-electron chi connectivity index (χ2n) is 6.93. The maximum atomic E-state index is 14.9. The van der Waals surface area contributed by atoms with Gasteiger partial charge in [-0.05, 0) is 48.9 Å². The molecule has 0 fully saturated rings. The van der Waals surface area contributed by atoms with E-state index >= 15 is 0 Å². The minimum Gasteiger partial charge on any atom is -0.463 e. The van der Waals surface area contributed by atoms with E-state index in [0.717, 1.165) is 16.2 Å². The minimum absolute atomic E-state index is 0.286. The first kappa shape index (κ1) is 20.3. The third kappa shape index (κ3) is 3.62. The van der Waals surface area contributed by atoms with Crippen molar-refractivity contribution in [3.05, 3.63) is 102 Å². The number of esters is 1. The Labute approximate surface area is 176 Å². The first-order valence-electron chi connectivity index (χ1n) is 9.91. The van der Waals surface area contributed by atoms with Crippen molar-refractivity contribution in [1.29, 1.82) is 0 Å². The number of ether oxygens (including phenoxy) is 1. The summed E-state index contributed by atoms with van der Waals surface area (Å²) in [6, 6.07) is 22.2. The topological polar surface area (TPSA) is 59.5 Å². The van der Waals surface area contributed by atoms with Crippen molar-refractivity contribution < 1.29 is 14.1 Å². The van der Waals surface area contributed by atoms with E-state index in [1.54, 1.807) is 19.3 Å². The zero-order valence-electron chi connectivity index (χ0n) is 16.7. The summed E-state index contributed by atoms with van der Waals surface area (Å²) in [4.78, 5) is 16.9. The van der Waals surface area contributed by atoms with Crippen LogP contribution in [-0.4, -0.2) is 28.8 Å². The number of hydrogen-bond acceptors (Lipinski definition) is 4. The lowest BCUT2D eigenvalue weighted by atomic mass is 10.0. The Kier molecular flexibility index (Phi) is 5.93. The number of nitrogens with zero attached hydrogens (tertiary/aromatic N) is 2. The van der Waals surface area contributed by atoms with Gasteiger partial charge in [0.15, 0.2) is 0 Å². The van der Waals surface area contributed by atoms with Gasteiger partial charge in [-0.15, -0.1) is 0 Å². The van der Waals surface area contributed by atoms with E-state index < -0.39 is 13.3 Å². The summed E-state index contributed by atoms with van der Waals surface area (Å²) >= 11 is 0. The van der Waals surface area contributed by atoms with Crippen molar-refractivity contribution >= 4 is 23.9 Å². The Morgan fingerprint density at radius 1 is 1.00 bits per heavy atom. The van der Waals surface area contributed by atoms with Gasteiger partial charge in [-0.1, -0.05) is 42.5 Å². The Hall–Kier alpha value is -3.01. The van der Waals surface area contributed by atoms with Crippen LogP contribution in [0.5, 0.6) is 0 Å². The van der Waals surface area contributed by atoms with E-state index in [4.69, 9.17) is 4.74 Å². The van der Waals surface area contributed by atoms with Crippen LogP contribution in [0.15, 0.2) is 96.8 Å². The summed E-state index contributed by atoms with van der Waals surface area (Å²) in [7, 11) is -3.24. The summed E-state index contributed by atoms with van der Waals surface area (Å²) in [5.74, 6) is -0.380. The van der Waals surface area contributed by atoms with Crippen molar-refractivity contribution in [3.63, 3.8) is 0 Å². The molecule has 1 aliphatic heterocycles. The van der Waals surface area contributed by atoms with Gasteiger partial charge in [-0.3, -0.25) is 9.55 Å². The molecular formula is C24H23N2O3P. The second-order valence-corrected chi connectivity index (χ2v) is 9.63. The first-order valence-corrected chi connectivity index (χ1v) is 11.6. The maximum absolute atomic E-state index is 14.9. The highest BCUT2D eigenvalue weighted by Crippen LogP contribution is 2.55. The van der Waals surface area contributed by atoms with Gasteiger partial charge in [0.05, 0.1) is 18.2 Å². The van der Waals surface area contributed by atoms with Gasteiger partial charge in [-0.2, -0.15) is 0 Å². The predicted molar refractivity (Wildman–Crippen MR) is 118 cm³/mol. The molecule has 0 N–H and O–H groups in total. The van der Waals surface area contributed by atoms with Crippen molar-refractivity contribution in [1.82, 2.24) is 9.65 Å². The highest BCUT2D eigenvalue weighted by Gasteiger charge is 2.45. The molecule has 0 saturated heterocycles. The molecule has 1 aromatic heterocycles. The molecule has 0 radical (unpaired) electrons. The minimum atomic E-state index is -3.24. The molecule has 0 spiro atoms. The van der Waals surface area contributed by atoms with Crippen LogP contribution in [0.1, 0.15) is 18.5 Å². The molecule has 2 heterocycles. The van der Waals surface area contributed by atoms with Gasteiger partial charge < -0.3 is 4.74 Å². The van der Waals surface area contributed by atoms with Crippen LogP contribution < -0.4 is 10.6 Å². The van der Waals surface area contributed by atoms with Crippen LogP contribution in [0.3, 0.4) is 0 Å². The normalized spacial score (nSPS) is 16.8. The van der Waals surface area contributed by atoms with Gasteiger partial charge >= 0.3 is 5.97 Å². The Balaban J connectivity index is 1.88. The molecule has 6 heteroatoms. The van der Waals surface area contributed by atoms with E-state index in [0.29, 0.717) is 12.1 Å². The number of rotatable bonds is 6. The molecule has 152 valence electrons. The quantitative estimate of drug-likeness (QED) is 0.450. The van der Waals surface area contributed by atoms with E-state index in [1.165, 1.54) is 0 Å². The standard InChI is InChI=1S/C24H23N2O3P/c1-2-29-24(27)22-15-18-26(23(22)19-13-16-25-17-14-19)30(28,20-9-5-3-6-10-20)21-11-7-4-8-12-21/h3-17,23H,2,18H2,1H3/t23-/m0/s1. The fourth-order valence-electron chi connectivity index (χ4n) is 3.86. The van der Waals surface area contributed by atoms with Crippen LogP contribution in [0.25, 0.3) is 0 Å². The second kappa shape index (κ2) is 8.78. The molecule has 0 amide bonds. The molecule has 0 bridgehead atoms. The number of aromatic nitrogens is 1. The number of benzene rings is 2. The van der Waals surface area contributed by atoms with Gasteiger partial charge in [0.2, 0.25) is 7.29 Å².